The maximum absolute atomic E-state index is 11.4. The highest BCUT2D eigenvalue weighted by atomic mass is 16.5. The molecule has 0 radical (unpaired) electrons. The first-order valence-electron chi connectivity index (χ1n) is 5.75. The van der Waals surface area contributed by atoms with E-state index < -0.39 is 5.91 Å². The molecule has 0 aromatic carbocycles. The number of aryl methyl sites for hydroxylation is 1. The monoisotopic (exact) mass is 249 g/mol. The van der Waals surface area contributed by atoms with E-state index in [1.165, 1.54) is 0 Å². The van der Waals surface area contributed by atoms with Crippen molar-refractivity contribution < 1.29 is 18.9 Å². The van der Waals surface area contributed by atoms with E-state index in [9.17, 15) is 4.79 Å². The molecule has 1 amide bonds. The molecule has 2 rings (SSSR count). The van der Waals surface area contributed by atoms with Crippen LogP contribution in [0.15, 0.2) is 35.0 Å². The summed E-state index contributed by atoms with van der Waals surface area (Å²) in [5, 5.41) is 8.66. The minimum Gasteiger partial charge on any atom is -0.459 e. The van der Waals surface area contributed by atoms with Crippen LogP contribution in [0.2, 0.25) is 0 Å². The van der Waals surface area contributed by atoms with Crippen LogP contribution in [0.3, 0.4) is 0 Å². The predicted octanol–water partition coefficient (Wildman–Crippen LogP) is 2.26. The lowest BCUT2D eigenvalue weighted by Crippen LogP contribution is -2.33. The fourth-order valence-corrected chi connectivity index (χ4v) is 2.05. The van der Waals surface area contributed by atoms with Crippen molar-refractivity contribution in [1.82, 2.24) is 5.48 Å². The van der Waals surface area contributed by atoms with Crippen molar-refractivity contribution in [2.45, 2.75) is 19.9 Å². The maximum atomic E-state index is 11.4. The molecule has 0 aliphatic carbocycles. The summed E-state index contributed by atoms with van der Waals surface area (Å²) >= 11 is 0. The Kier molecular flexibility index (Phi) is 3.11. The van der Waals surface area contributed by atoms with Gasteiger partial charge in [0.05, 0.1) is 12.6 Å². The van der Waals surface area contributed by atoms with Crippen molar-refractivity contribution in [3.8, 4) is 0 Å². The first-order valence-corrected chi connectivity index (χ1v) is 5.75. The van der Waals surface area contributed by atoms with Crippen LogP contribution in [0.5, 0.6) is 0 Å². The first kappa shape index (κ1) is 12.6. The zero-order valence-electron chi connectivity index (χ0n) is 10.7. The summed E-state index contributed by atoms with van der Waals surface area (Å²) in [6.07, 6.45) is 8.06. The number of furan rings is 1. The molecule has 0 fully saturated rings. The fraction of sp³-hybridized carbons (Fsp3) is 0.308. The highest BCUT2D eigenvalue weighted by Crippen LogP contribution is 2.32. The molecule has 0 saturated carbocycles. The molecule has 5 nitrogen and oxygen atoms in total. The molecule has 2 heterocycles. The fourth-order valence-electron chi connectivity index (χ4n) is 2.05. The summed E-state index contributed by atoms with van der Waals surface area (Å²) in [6.45, 7) is 3.73. The maximum Gasteiger partial charge on any atom is 0.278 e. The molecule has 1 aromatic rings. The van der Waals surface area contributed by atoms with Gasteiger partial charge >= 0.3 is 0 Å². The SMILES string of the molecule is Cc1oc([C@H](C)[N+]2(C)C=CC=C2)cc1C(=O)NO. The third-order valence-electron chi connectivity index (χ3n) is 3.45. The lowest BCUT2D eigenvalue weighted by Gasteiger charge is -2.29. The molecule has 0 unspecified atom stereocenters. The van der Waals surface area contributed by atoms with E-state index in [1.54, 1.807) is 18.5 Å². The van der Waals surface area contributed by atoms with Gasteiger partial charge in [-0.05, 0) is 32.1 Å². The summed E-state index contributed by atoms with van der Waals surface area (Å²) in [7, 11) is 2.05. The van der Waals surface area contributed by atoms with E-state index in [0.29, 0.717) is 21.6 Å². The number of hydrogen-bond donors (Lipinski definition) is 2. The van der Waals surface area contributed by atoms with Crippen LogP contribution in [0, 0.1) is 6.92 Å². The van der Waals surface area contributed by atoms with Crippen molar-refractivity contribution >= 4 is 5.91 Å². The predicted molar refractivity (Wildman–Crippen MR) is 65.6 cm³/mol. The Hall–Kier alpha value is -1.85. The normalized spacial score (nSPS) is 18.0. The van der Waals surface area contributed by atoms with E-state index in [2.05, 4.69) is 0 Å². The number of rotatable bonds is 3. The molecular weight excluding hydrogens is 232 g/mol. The number of amides is 1. The summed E-state index contributed by atoms with van der Waals surface area (Å²) in [4.78, 5) is 11.4. The molecule has 2 N–H and O–H groups in total. The lowest BCUT2D eigenvalue weighted by molar-refractivity contribution is -0.837. The Morgan fingerprint density at radius 3 is 2.61 bits per heavy atom. The minimum absolute atomic E-state index is 0.0546. The number of allylic oxidation sites excluding steroid dienone is 2. The van der Waals surface area contributed by atoms with Crippen molar-refractivity contribution in [1.29, 1.82) is 0 Å². The van der Waals surface area contributed by atoms with Crippen molar-refractivity contribution in [3.63, 3.8) is 0 Å². The van der Waals surface area contributed by atoms with Gasteiger partial charge in [0.2, 0.25) is 0 Å². The Morgan fingerprint density at radius 1 is 1.44 bits per heavy atom. The second-order valence-corrected chi connectivity index (χ2v) is 4.64. The molecule has 18 heavy (non-hydrogen) atoms. The van der Waals surface area contributed by atoms with Crippen molar-refractivity contribution in [3.05, 3.63) is 47.7 Å². The summed E-state index contributed by atoms with van der Waals surface area (Å²) in [5.41, 5.74) is 1.98. The summed E-state index contributed by atoms with van der Waals surface area (Å²) in [5.74, 6) is 0.664. The molecular formula is C13H17N2O3+. The highest BCUT2D eigenvalue weighted by Gasteiger charge is 2.32. The Balaban J connectivity index is 2.32. The Morgan fingerprint density at radius 2 is 2.06 bits per heavy atom. The standard InChI is InChI=1S/C13H16N2O3/c1-9(15(3)6-4-5-7-15)12-8-11(10(2)18-12)13(16)14-17/h4-9H,1-3H3,(H-,14,16,17)/p+1/t9-/m0/s1. The zero-order chi connectivity index (χ0) is 13.3. The van der Waals surface area contributed by atoms with Crippen LogP contribution < -0.4 is 5.48 Å². The van der Waals surface area contributed by atoms with Crippen LogP contribution in [-0.4, -0.2) is 22.6 Å². The van der Waals surface area contributed by atoms with Gasteiger partial charge in [-0.2, -0.15) is 0 Å². The molecule has 1 aliphatic rings. The molecule has 1 aromatic heterocycles. The lowest BCUT2D eigenvalue weighted by atomic mass is 10.1. The quantitative estimate of drug-likeness (QED) is 0.490. The number of hydroxylamine groups is 1. The van der Waals surface area contributed by atoms with Crippen LogP contribution in [0.4, 0.5) is 0 Å². The van der Waals surface area contributed by atoms with Gasteiger partial charge in [0.15, 0.2) is 11.8 Å². The average molecular weight is 249 g/mol. The van der Waals surface area contributed by atoms with Gasteiger partial charge in [0, 0.05) is 0 Å². The van der Waals surface area contributed by atoms with Gasteiger partial charge in [-0.3, -0.25) is 14.5 Å². The minimum atomic E-state index is -0.551. The number of nitrogens with one attached hydrogen (secondary N) is 1. The number of hydrogen-bond acceptors (Lipinski definition) is 3. The molecule has 96 valence electrons. The second-order valence-electron chi connectivity index (χ2n) is 4.64. The first-order chi connectivity index (χ1) is 8.48. The Labute approximate surface area is 106 Å². The van der Waals surface area contributed by atoms with Crippen LogP contribution in [0.25, 0.3) is 0 Å². The largest absolute Gasteiger partial charge is 0.459 e. The second kappa shape index (κ2) is 4.44. The van der Waals surface area contributed by atoms with E-state index in [0.717, 1.165) is 0 Å². The van der Waals surface area contributed by atoms with Gasteiger partial charge in [0.25, 0.3) is 5.91 Å². The van der Waals surface area contributed by atoms with Crippen LogP contribution in [-0.2, 0) is 0 Å². The van der Waals surface area contributed by atoms with E-state index in [-0.39, 0.29) is 6.04 Å². The molecule has 1 atom stereocenters. The number of carbonyl (C=O) groups is 1. The molecule has 0 saturated heterocycles. The van der Waals surface area contributed by atoms with Crippen molar-refractivity contribution in [2.24, 2.45) is 0 Å². The topological polar surface area (TPSA) is 62.5 Å². The van der Waals surface area contributed by atoms with Gasteiger partial charge < -0.3 is 4.42 Å². The molecule has 5 heteroatoms. The molecule has 0 bridgehead atoms. The third kappa shape index (κ3) is 1.98. The van der Waals surface area contributed by atoms with Gasteiger partial charge in [-0.25, -0.2) is 5.48 Å². The molecule has 1 aliphatic heterocycles. The van der Waals surface area contributed by atoms with Gasteiger partial charge in [0.1, 0.15) is 18.2 Å². The molecule has 0 spiro atoms. The average Bonchev–Trinajstić information content (AvgIpc) is 2.95. The number of nitrogens with zero attached hydrogens (tertiary/aromatic N) is 1. The van der Waals surface area contributed by atoms with E-state index in [4.69, 9.17) is 9.62 Å². The third-order valence-corrected chi connectivity index (χ3v) is 3.45. The zero-order valence-corrected chi connectivity index (χ0v) is 10.7. The summed E-state index contributed by atoms with van der Waals surface area (Å²) in [6, 6.07) is 1.73. The summed E-state index contributed by atoms with van der Waals surface area (Å²) < 4.78 is 6.21. The van der Waals surface area contributed by atoms with Crippen LogP contribution >= 0.6 is 0 Å². The van der Waals surface area contributed by atoms with Gasteiger partial charge in [-0.15, -0.1) is 0 Å². The number of carbonyl (C=O) groups excluding carboxylic acids is 1. The Bertz CT molecular complexity index is 516. The van der Waals surface area contributed by atoms with E-state index in [1.807, 2.05) is 38.5 Å². The van der Waals surface area contributed by atoms with Crippen molar-refractivity contribution in [2.75, 3.05) is 7.05 Å². The highest BCUT2D eigenvalue weighted by molar-refractivity contribution is 5.94. The smallest absolute Gasteiger partial charge is 0.278 e. The number of quaternary nitrogens is 1. The van der Waals surface area contributed by atoms with Crippen LogP contribution in [0.1, 0.15) is 34.8 Å². The van der Waals surface area contributed by atoms with Gasteiger partial charge in [-0.1, -0.05) is 0 Å². The van der Waals surface area contributed by atoms with E-state index >= 15 is 0 Å².